The van der Waals surface area contributed by atoms with Gasteiger partial charge < -0.3 is 10.1 Å². The van der Waals surface area contributed by atoms with Crippen molar-refractivity contribution in [3.05, 3.63) is 47.4 Å². The van der Waals surface area contributed by atoms with Crippen LogP contribution in [0.4, 0.5) is 4.39 Å². The second-order valence-corrected chi connectivity index (χ2v) is 9.98. The van der Waals surface area contributed by atoms with Crippen LogP contribution >= 0.6 is 11.3 Å². The number of nitrogens with zero attached hydrogens (tertiary/aromatic N) is 3. The van der Waals surface area contributed by atoms with Crippen LogP contribution in [0.5, 0.6) is 0 Å². The lowest BCUT2D eigenvalue weighted by Crippen LogP contribution is -2.33. The molecule has 34 heavy (non-hydrogen) atoms. The van der Waals surface area contributed by atoms with Gasteiger partial charge in [-0.15, -0.1) is 11.3 Å². The van der Waals surface area contributed by atoms with Crippen LogP contribution in [-0.2, 0) is 22.5 Å². The summed E-state index contributed by atoms with van der Waals surface area (Å²) in [6, 6.07) is 6.52. The molecule has 3 aromatic rings. The smallest absolute Gasteiger partial charge is 0.226 e. The molecule has 4 rings (SSSR count). The van der Waals surface area contributed by atoms with Crippen molar-refractivity contribution in [2.45, 2.75) is 52.5 Å². The highest BCUT2D eigenvalue weighted by molar-refractivity contribution is 7.13. The van der Waals surface area contributed by atoms with Gasteiger partial charge in [-0.3, -0.25) is 9.48 Å². The number of halogens is 1. The fourth-order valence-electron chi connectivity index (χ4n) is 4.12. The number of aromatic nitrogens is 3. The van der Waals surface area contributed by atoms with Crippen LogP contribution in [0.2, 0.25) is 0 Å². The molecule has 182 valence electrons. The van der Waals surface area contributed by atoms with Crippen molar-refractivity contribution in [1.29, 1.82) is 0 Å². The number of nitrogens with one attached hydrogen (secondary N) is 1. The van der Waals surface area contributed by atoms with Gasteiger partial charge in [-0.05, 0) is 55.4 Å². The van der Waals surface area contributed by atoms with E-state index in [1.807, 2.05) is 16.3 Å². The fraction of sp³-hybridized carbons (Fsp3) is 0.500. The van der Waals surface area contributed by atoms with Crippen LogP contribution in [-0.4, -0.2) is 40.4 Å². The molecule has 1 saturated heterocycles. The molecule has 1 aliphatic rings. The average Bonchev–Trinajstić information content (AvgIpc) is 3.49. The summed E-state index contributed by atoms with van der Waals surface area (Å²) in [4.78, 5) is 17.2. The number of amides is 1. The number of hydrogen-bond donors (Lipinski definition) is 1. The maximum atomic E-state index is 13.6. The molecule has 1 fully saturated rings. The van der Waals surface area contributed by atoms with E-state index in [1.54, 1.807) is 12.1 Å². The Morgan fingerprint density at radius 1 is 1.29 bits per heavy atom. The lowest BCUT2D eigenvalue weighted by molar-refractivity contribution is -0.120. The molecule has 8 heteroatoms. The van der Waals surface area contributed by atoms with E-state index < -0.39 is 0 Å². The zero-order valence-electron chi connectivity index (χ0n) is 19.9. The van der Waals surface area contributed by atoms with Crippen molar-refractivity contribution >= 4 is 17.2 Å². The summed E-state index contributed by atoms with van der Waals surface area (Å²) in [5.41, 5.74) is 3.51. The lowest BCUT2D eigenvalue weighted by Gasteiger charge is -2.22. The first-order valence-electron chi connectivity index (χ1n) is 12.1. The van der Waals surface area contributed by atoms with Crippen LogP contribution in [0.3, 0.4) is 0 Å². The summed E-state index contributed by atoms with van der Waals surface area (Å²) in [6.45, 7) is 7.46. The third kappa shape index (κ3) is 6.30. The highest BCUT2D eigenvalue weighted by Gasteiger charge is 2.19. The monoisotopic (exact) mass is 484 g/mol. The second-order valence-electron chi connectivity index (χ2n) is 9.12. The van der Waals surface area contributed by atoms with E-state index in [9.17, 15) is 9.18 Å². The predicted octanol–water partition coefficient (Wildman–Crippen LogP) is 5.33. The molecule has 0 bridgehead atoms. The van der Waals surface area contributed by atoms with Crippen molar-refractivity contribution in [3.63, 3.8) is 0 Å². The molecule has 2 aromatic heterocycles. The first-order valence-corrected chi connectivity index (χ1v) is 13.0. The highest BCUT2D eigenvalue weighted by Crippen LogP contribution is 2.34. The van der Waals surface area contributed by atoms with E-state index in [1.165, 1.54) is 23.5 Å². The summed E-state index contributed by atoms with van der Waals surface area (Å²) < 4.78 is 21.0. The maximum Gasteiger partial charge on any atom is 0.226 e. The SMILES string of the molecule is CCC(C)CCn1ncc(-c2nc(CC(=O)NCC3CCOCC3)cs2)c1-c1ccc(F)cc1. The Balaban J connectivity index is 1.49. The van der Waals surface area contributed by atoms with Crippen LogP contribution < -0.4 is 5.32 Å². The molecule has 6 nitrogen and oxygen atoms in total. The molecule has 0 aliphatic carbocycles. The first-order chi connectivity index (χ1) is 16.5. The number of thiazole rings is 1. The quantitative estimate of drug-likeness (QED) is 0.422. The molecule has 0 saturated carbocycles. The Morgan fingerprint density at radius 3 is 2.79 bits per heavy atom. The molecule has 1 unspecified atom stereocenters. The standard InChI is InChI=1S/C26H33FN4O2S/c1-3-18(2)8-11-31-25(20-4-6-21(27)7-5-20)23(16-29-31)26-30-22(17-34-26)14-24(32)28-15-19-9-12-33-13-10-19/h4-7,16-19H,3,8-15H2,1-2H3,(H,28,32). The van der Waals surface area contributed by atoms with Crippen molar-refractivity contribution in [2.75, 3.05) is 19.8 Å². The van der Waals surface area contributed by atoms with Crippen molar-refractivity contribution in [2.24, 2.45) is 11.8 Å². The van der Waals surface area contributed by atoms with Gasteiger partial charge in [-0.2, -0.15) is 5.10 Å². The minimum absolute atomic E-state index is 0.00801. The molecule has 0 radical (unpaired) electrons. The molecular weight excluding hydrogens is 451 g/mol. The number of hydrogen-bond acceptors (Lipinski definition) is 5. The summed E-state index contributed by atoms with van der Waals surface area (Å²) >= 11 is 1.51. The van der Waals surface area contributed by atoms with Gasteiger partial charge in [0, 0.05) is 37.2 Å². The van der Waals surface area contributed by atoms with Crippen molar-refractivity contribution < 1.29 is 13.9 Å². The van der Waals surface area contributed by atoms with Crippen LogP contribution in [0.1, 0.15) is 45.2 Å². The van der Waals surface area contributed by atoms with Gasteiger partial charge in [-0.25, -0.2) is 9.37 Å². The molecule has 1 amide bonds. The number of benzene rings is 1. The van der Waals surface area contributed by atoms with Crippen LogP contribution in [0.25, 0.3) is 21.8 Å². The Labute approximate surface area is 204 Å². The van der Waals surface area contributed by atoms with Crippen molar-refractivity contribution in [3.8, 4) is 21.8 Å². The van der Waals surface area contributed by atoms with Gasteiger partial charge in [0.1, 0.15) is 10.8 Å². The predicted molar refractivity (Wildman–Crippen MR) is 133 cm³/mol. The minimum Gasteiger partial charge on any atom is -0.381 e. The fourth-order valence-corrected chi connectivity index (χ4v) is 4.95. The van der Waals surface area contributed by atoms with E-state index in [2.05, 4.69) is 24.3 Å². The molecule has 3 heterocycles. The summed E-state index contributed by atoms with van der Waals surface area (Å²) in [5, 5.41) is 10.5. The van der Waals surface area contributed by atoms with E-state index in [-0.39, 0.29) is 18.1 Å². The van der Waals surface area contributed by atoms with E-state index >= 15 is 0 Å². The van der Waals surface area contributed by atoms with E-state index in [4.69, 9.17) is 9.72 Å². The van der Waals surface area contributed by atoms with Gasteiger partial charge >= 0.3 is 0 Å². The number of carbonyl (C=O) groups excluding carboxylic acids is 1. The molecular formula is C26H33FN4O2S. The van der Waals surface area contributed by atoms with Gasteiger partial charge in [0.05, 0.1) is 29.6 Å². The van der Waals surface area contributed by atoms with Crippen LogP contribution in [0.15, 0.2) is 35.8 Å². The van der Waals surface area contributed by atoms with Crippen molar-refractivity contribution in [1.82, 2.24) is 20.1 Å². The Kier molecular flexibility index (Phi) is 8.45. The van der Waals surface area contributed by atoms with E-state index in [0.29, 0.717) is 18.4 Å². The lowest BCUT2D eigenvalue weighted by atomic mass is 10.0. The first kappa shape index (κ1) is 24.5. The van der Waals surface area contributed by atoms with Crippen LogP contribution in [0, 0.1) is 17.7 Å². The average molecular weight is 485 g/mol. The molecule has 1 aliphatic heterocycles. The second kappa shape index (κ2) is 11.7. The normalized spacial score (nSPS) is 15.4. The Bertz CT molecular complexity index is 1070. The van der Waals surface area contributed by atoms with Gasteiger partial charge in [-0.1, -0.05) is 20.3 Å². The Hall–Kier alpha value is -2.58. The number of rotatable bonds is 10. The third-order valence-electron chi connectivity index (χ3n) is 6.54. The number of ether oxygens (including phenoxy) is 1. The maximum absolute atomic E-state index is 13.6. The van der Waals surface area contributed by atoms with Gasteiger partial charge in [0.15, 0.2) is 0 Å². The molecule has 1 atom stereocenters. The number of aryl methyl sites for hydroxylation is 1. The van der Waals surface area contributed by atoms with Gasteiger partial charge in [0.25, 0.3) is 0 Å². The number of carbonyl (C=O) groups is 1. The minimum atomic E-state index is -0.265. The molecule has 1 aromatic carbocycles. The highest BCUT2D eigenvalue weighted by atomic mass is 32.1. The van der Waals surface area contributed by atoms with Gasteiger partial charge in [0.2, 0.25) is 5.91 Å². The zero-order chi connectivity index (χ0) is 23.9. The zero-order valence-corrected chi connectivity index (χ0v) is 20.7. The van der Waals surface area contributed by atoms with E-state index in [0.717, 1.165) is 73.0 Å². The topological polar surface area (TPSA) is 69.0 Å². The summed E-state index contributed by atoms with van der Waals surface area (Å²) in [6.07, 6.45) is 6.22. The molecule has 0 spiro atoms. The summed E-state index contributed by atoms with van der Waals surface area (Å²) in [5.74, 6) is 0.814. The molecule has 1 N–H and O–H groups in total. The summed E-state index contributed by atoms with van der Waals surface area (Å²) in [7, 11) is 0. The Morgan fingerprint density at radius 2 is 2.06 bits per heavy atom. The third-order valence-corrected chi connectivity index (χ3v) is 7.46. The largest absolute Gasteiger partial charge is 0.381 e.